The molecule has 2 aromatic carbocycles. The van der Waals surface area contributed by atoms with Gasteiger partial charge in [0.25, 0.3) is 0 Å². The molecule has 0 aromatic heterocycles. The van der Waals surface area contributed by atoms with Crippen LogP contribution >= 0.6 is 0 Å². The molecule has 0 fully saturated rings. The minimum absolute atomic E-state index is 0. The van der Waals surface area contributed by atoms with Crippen molar-refractivity contribution in [3.8, 4) is 0 Å². The summed E-state index contributed by atoms with van der Waals surface area (Å²) in [6, 6.07) is 18.1. The van der Waals surface area contributed by atoms with Crippen molar-refractivity contribution < 1.29 is 19.8 Å². The summed E-state index contributed by atoms with van der Waals surface area (Å²) in [7, 11) is 0. The Morgan fingerprint density at radius 3 is 1.20 bits per heavy atom. The molecular weight excluding hydrogens is 423 g/mol. The van der Waals surface area contributed by atoms with E-state index in [1.54, 1.807) is 24.3 Å². The number of hydrogen-bond acceptors (Lipinski definition) is 2. The van der Waals surface area contributed by atoms with Gasteiger partial charge in [-0.1, -0.05) is 36.4 Å². The number of hydrogen-bond donors (Lipinski definition) is 2. The van der Waals surface area contributed by atoms with Gasteiger partial charge in [-0.2, -0.15) is 0 Å². The Morgan fingerprint density at radius 1 is 0.680 bits per heavy atom. The monoisotopic (exact) mass is 446 g/mol. The Bertz CT molecular complexity index is 661. The SMILES string of the molecule is C/C(O)=C/C(=[OH+])c1ccccc1.C/C(O)=C/C(=[OH+])c1ccccc1.[Sn]. The summed E-state index contributed by atoms with van der Waals surface area (Å²) in [5.74, 6) is 0.346. The Kier molecular flexibility index (Phi) is 11.0. The van der Waals surface area contributed by atoms with Crippen LogP contribution in [0.1, 0.15) is 25.0 Å². The number of ketones is 2. The van der Waals surface area contributed by atoms with Crippen molar-refractivity contribution in [2.24, 2.45) is 0 Å². The molecule has 0 saturated heterocycles. The largest absolute Gasteiger partial charge is 0.512 e. The number of aliphatic hydroxyl groups is 2. The Morgan fingerprint density at radius 2 is 0.960 bits per heavy atom. The van der Waals surface area contributed by atoms with Gasteiger partial charge in [-0.15, -0.1) is 0 Å². The van der Waals surface area contributed by atoms with Crippen LogP contribution in [0.2, 0.25) is 0 Å². The van der Waals surface area contributed by atoms with Crippen LogP contribution in [0.15, 0.2) is 84.3 Å². The summed E-state index contributed by atoms with van der Waals surface area (Å²) in [6.07, 6.45) is 2.63. The van der Waals surface area contributed by atoms with Gasteiger partial charge in [-0.3, -0.25) is 9.59 Å². The summed E-state index contributed by atoms with van der Waals surface area (Å²) in [4.78, 5) is 18.7. The maximum absolute atomic E-state index is 9.37. The Hall–Kier alpha value is -2.34. The molecule has 4 nitrogen and oxygen atoms in total. The van der Waals surface area contributed by atoms with Gasteiger partial charge >= 0.3 is 11.6 Å². The van der Waals surface area contributed by atoms with E-state index in [1.807, 2.05) is 36.4 Å². The van der Waals surface area contributed by atoms with Crippen LogP contribution in [0.5, 0.6) is 0 Å². The second-order valence-corrected chi connectivity index (χ2v) is 5.07. The zero-order chi connectivity index (χ0) is 17.9. The van der Waals surface area contributed by atoms with Crippen LogP contribution in [0, 0.1) is 0 Å². The minimum atomic E-state index is 0. The minimum Gasteiger partial charge on any atom is -0.512 e. The third-order valence-corrected chi connectivity index (χ3v) is 2.83. The normalized spacial score (nSPS) is 10.8. The first-order chi connectivity index (χ1) is 11.4. The molecule has 4 radical (unpaired) electrons. The van der Waals surface area contributed by atoms with Crippen molar-refractivity contribution in [1.29, 1.82) is 0 Å². The first kappa shape index (κ1) is 22.7. The van der Waals surface area contributed by atoms with Crippen LogP contribution < -0.4 is 0 Å². The average molecular weight is 445 g/mol. The van der Waals surface area contributed by atoms with Crippen molar-refractivity contribution in [3.05, 3.63) is 95.5 Å². The average Bonchev–Trinajstić information content (AvgIpc) is 2.56. The molecule has 0 bridgehead atoms. The molecule has 0 aliphatic rings. The van der Waals surface area contributed by atoms with Gasteiger partial charge in [0.2, 0.25) is 0 Å². The van der Waals surface area contributed by atoms with Crippen molar-refractivity contribution in [2.75, 3.05) is 0 Å². The van der Waals surface area contributed by atoms with Crippen LogP contribution in [0.4, 0.5) is 0 Å². The van der Waals surface area contributed by atoms with E-state index in [0.29, 0.717) is 11.1 Å². The molecule has 4 N–H and O–H groups in total. The van der Waals surface area contributed by atoms with E-state index >= 15 is 0 Å². The zero-order valence-electron chi connectivity index (χ0n) is 14.2. The van der Waals surface area contributed by atoms with Crippen molar-refractivity contribution in [3.63, 3.8) is 0 Å². The molecule has 2 rings (SSSR count). The molecule has 0 aliphatic carbocycles. The number of benzene rings is 2. The smallest absolute Gasteiger partial charge is 0.350 e. The molecule has 0 spiro atoms. The molecule has 0 aliphatic heterocycles. The van der Waals surface area contributed by atoms with Gasteiger partial charge in [-0.05, 0) is 38.1 Å². The predicted octanol–water partition coefficient (Wildman–Crippen LogP) is 3.70. The topological polar surface area (TPSA) is 83.3 Å². The maximum atomic E-state index is 9.37. The standard InChI is InChI=1S/2C10H10O2.Sn/c2*1-8(11)7-10(12)9-5-3-2-4-6-9;/h2*2-7,11H,1H3;/p+2/b2*8-7-;. The Balaban J connectivity index is 0.000000443. The van der Waals surface area contributed by atoms with Crippen LogP contribution in [-0.2, 0) is 0 Å². The van der Waals surface area contributed by atoms with Gasteiger partial charge < -0.3 is 10.2 Å². The second-order valence-electron chi connectivity index (χ2n) is 5.07. The van der Waals surface area contributed by atoms with Crippen molar-refractivity contribution in [1.82, 2.24) is 0 Å². The summed E-state index contributed by atoms with van der Waals surface area (Å²) in [5, 5.41) is 17.7. The third-order valence-electron chi connectivity index (χ3n) is 2.83. The second kappa shape index (κ2) is 12.1. The van der Waals surface area contributed by atoms with Gasteiger partial charge in [-0.25, -0.2) is 0 Å². The number of rotatable bonds is 4. The first-order valence-electron chi connectivity index (χ1n) is 7.37. The van der Waals surface area contributed by atoms with E-state index in [-0.39, 0.29) is 47.0 Å². The van der Waals surface area contributed by atoms with Gasteiger partial charge in [0.15, 0.2) is 0 Å². The molecule has 2 aromatic rings. The van der Waals surface area contributed by atoms with E-state index in [9.17, 15) is 9.59 Å². The molecule has 0 amide bonds. The number of aliphatic hydroxyl groups excluding tert-OH is 2. The maximum Gasteiger partial charge on any atom is 0.350 e. The fourth-order valence-corrected chi connectivity index (χ4v) is 1.78. The summed E-state index contributed by atoms with van der Waals surface area (Å²) < 4.78 is 0. The Labute approximate surface area is 164 Å². The van der Waals surface area contributed by atoms with Crippen LogP contribution in [-0.4, -0.2) is 55.3 Å². The number of allylic oxidation sites excluding steroid dienone is 4. The predicted molar refractivity (Wildman–Crippen MR) is 103 cm³/mol. The molecule has 0 unspecified atom stereocenters. The molecular formula is C20H22O4Sn+2. The molecule has 0 heterocycles. The van der Waals surface area contributed by atoms with Crippen LogP contribution in [0.25, 0.3) is 0 Å². The molecule has 25 heavy (non-hydrogen) atoms. The van der Waals surface area contributed by atoms with Crippen molar-refractivity contribution >= 4 is 35.5 Å². The van der Waals surface area contributed by atoms with E-state index in [2.05, 4.69) is 0 Å². The van der Waals surface area contributed by atoms with E-state index in [1.165, 1.54) is 26.0 Å². The van der Waals surface area contributed by atoms with Crippen molar-refractivity contribution in [2.45, 2.75) is 13.8 Å². The number of carbonyl (C=O) groups excluding carboxylic acids is 2. The molecule has 5 heteroatoms. The van der Waals surface area contributed by atoms with Gasteiger partial charge in [0.05, 0.1) is 34.8 Å². The summed E-state index contributed by atoms with van der Waals surface area (Å²) in [6.45, 7) is 3.03. The molecule has 128 valence electrons. The first-order valence-corrected chi connectivity index (χ1v) is 7.37. The zero-order valence-corrected chi connectivity index (χ0v) is 17.1. The van der Waals surface area contributed by atoms with E-state index in [0.717, 1.165) is 0 Å². The van der Waals surface area contributed by atoms with E-state index < -0.39 is 0 Å². The van der Waals surface area contributed by atoms with E-state index in [4.69, 9.17) is 10.2 Å². The van der Waals surface area contributed by atoms with Gasteiger partial charge in [0, 0.05) is 23.9 Å². The molecule has 0 saturated carbocycles. The summed E-state index contributed by atoms with van der Waals surface area (Å²) >= 11 is 0. The summed E-state index contributed by atoms with van der Waals surface area (Å²) in [5.41, 5.74) is 1.40. The quantitative estimate of drug-likeness (QED) is 0.248. The fourth-order valence-electron chi connectivity index (χ4n) is 1.78. The molecule has 0 atom stereocenters. The van der Waals surface area contributed by atoms with Crippen LogP contribution in [0.3, 0.4) is 0 Å². The third kappa shape index (κ3) is 9.52. The van der Waals surface area contributed by atoms with Gasteiger partial charge in [0.1, 0.15) is 0 Å². The fraction of sp³-hybridized carbons (Fsp3) is 0.100.